The van der Waals surface area contributed by atoms with Crippen molar-refractivity contribution >= 4 is 58.0 Å². The first-order valence-corrected chi connectivity index (χ1v) is 21.2. The number of ether oxygens (including phenoxy) is 5. The number of hydrogen-bond donors (Lipinski definition) is 4. The molecule has 0 radical (unpaired) electrons. The highest BCUT2D eigenvalue weighted by molar-refractivity contribution is 6.36. The van der Waals surface area contributed by atoms with Crippen molar-refractivity contribution in [2.75, 3.05) is 39.3 Å². The molecule has 7 atom stereocenters. The number of aliphatic imine (C=N–C) groups is 1. The van der Waals surface area contributed by atoms with Gasteiger partial charge < -0.3 is 50.3 Å². The standard InChI is InChI=1S/C43H60ClN7O9/c1-9-26-21-43(26,40(54)57-8)50-38(52)30-19-28(22-51(30)39(53)37(42(4,5)6)49-41(55)60-27-17-24-16-25(24)18-27)59-32-20-34(46-13-12-33(45)47-23(2)3)48-36-29(32)10-11-31(35(36)44)58-15-14-56-7/h10-13,20,23-28,30,37H,9,14-19,21-22H2,1-8H3,(H2,45,47)(H,46,48)(H,49,55)(H,50,52). The number of carbonyl (C=O) groups excluding carboxylic acids is 4. The van der Waals surface area contributed by atoms with Crippen LogP contribution in [-0.4, -0.2) is 109 Å². The number of nitrogens with zero attached hydrogens (tertiary/aromatic N) is 3. The molecule has 3 saturated carbocycles. The summed E-state index contributed by atoms with van der Waals surface area (Å²) in [6, 6.07) is 3.06. The summed E-state index contributed by atoms with van der Waals surface area (Å²) in [7, 11) is 2.86. The maximum absolute atomic E-state index is 14.8. The van der Waals surface area contributed by atoms with E-state index in [1.807, 2.05) is 41.5 Å². The average molecular weight is 854 g/mol. The van der Waals surface area contributed by atoms with E-state index in [1.54, 1.807) is 37.6 Å². The van der Waals surface area contributed by atoms with Crippen LogP contribution < -0.4 is 31.2 Å². The molecule has 1 saturated heterocycles. The Balaban J connectivity index is 1.31. The summed E-state index contributed by atoms with van der Waals surface area (Å²) in [6.07, 6.45) is 5.58. The Morgan fingerprint density at radius 2 is 1.80 bits per heavy atom. The van der Waals surface area contributed by atoms with Gasteiger partial charge in [0.05, 0.1) is 25.8 Å². The molecule has 60 heavy (non-hydrogen) atoms. The molecule has 16 nitrogen and oxygen atoms in total. The third kappa shape index (κ3) is 10.2. The van der Waals surface area contributed by atoms with E-state index < -0.39 is 53.0 Å². The fourth-order valence-corrected chi connectivity index (χ4v) is 8.73. The summed E-state index contributed by atoms with van der Waals surface area (Å²) in [5, 5.41) is 9.72. The molecule has 2 aromatic rings. The highest BCUT2D eigenvalue weighted by Crippen LogP contribution is 2.52. The van der Waals surface area contributed by atoms with Crippen molar-refractivity contribution in [1.29, 1.82) is 0 Å². The number of nitrogens with one attached hydrogen (secondary N) is 3. The molecule has 4 aliphatic rings. The number of esters is 1. The zero-order chi connectivity index (χ0) is 43.5. The Morgan fingerprint density at radius 1 is 1.07 bits per heavy atom. The number of alkyl carbamates (subject to hydrolysis) is 1. The van der Waals surface area contributed by atoms with Gasteiger partial charge in [-0.3, -0.25) is 14.6 Å². The highest BCUT2D eigenvalue weighted by Gasteiger charge is 2.62. The SMILES string of the molecule is CCC1CC1(NC(=O)C1CC(Oc2cc(NC=CC(N)=NC(C)C)nc3c(Cl)c(OCCOC)ccc23)CN1C(=O)C(NC(=O)OC1CC2CC2C1)C(C)(C)C)C(=O)OC. The summed E-state index contributed by atoms with van der Waals surface area (Å²) >= 11 is 6.91. The lowest BCUT2D eigenvalue weighted by Gasteiger charge is -2.35. The number of hydrogen-bond acceptors (Lipinski definition) is 12. The molecule has 2 heterocycles. The van der Waals surface area contributed by atoms with Crippen molar-refractivity contribution in [3.05, 3.63) is 35.5 Å². The minimum absolute atomic E-state index is 0.00143. The van der Waals surface area contributed by atoms with Gasteiger partial charge in [0, 0.05) is 37.2 Å². The van der Waals surface area contributed by atoms with Gasteiger partial charge in [-0.05, 0) is 80.9 Å². The van der Waals surface area contributed by atoms with Crippen molar-refractivity contribution in [3.63, 3.8) is 0 Å². The van der Waals surface area contributed by atoms with Gasteiger partial charge in [-0.1, -0.05) is 45.7 Å². The fraction of sp³-hybridized carbons (Fsp3) is 0.628. The van der Waals surface area contributed by atoms with E-state index >= 15 is 0 Å². The quantitative estimate of drug-likeness (QED) is 0.0689. The number of fused-ring (bicyclic) bond motifs is 2. The van der Waals surface area contributed by atoms with Gasteiger partial charge in [-0.2, -0.15) is 0 Å². The second kappa shape index (κ2) is 18.4. The Bertz CT molecular complexity index is 1990. The molecule has 6 rings (SSSR count). The number of aromatic nitrogens is 1. The molecule has 4 fully saturated rings. The fourth-order valence-electron chi connectivity index (χ4n) is 8.47. The number of rotatable bonds is 17. The van der Waals surface area contributed by atoms with E-state index in [9.17, 15) is 19.2 Å². The van der Waals surface area contributed by atoms with Gasteiger partial charge in [-0.15, -0.1) is 0 Å². The van der Waals surface area contributed by atoms with Gasteiger partial charge in [0.1, 0.15) is 64.6 Å². The number of anilines is 1. The zero-order valence-corrected chi connectivity index (χ0v) is 36.6. The number of amides is 3. The Labute approximate surface area is 356 Å². The number of amidine groups is 1. The summed E-state index contributed by atoms with van der Waals surface area (Å²) in [4.78, 5) is 66.0. The summed E-state index contributed by atoms with van der Waals surface area (Å²) in [5.74, 6) is 0.984. The van der Waals surface area contributed by atoms with Crippen LogP contribution in [0.3, 0.4) is 0 Å². The summed E-state index contributed by atoms with van der Waals surface area (Å²) in [5.41, 5.74) is 4.46. The van der Waals surface area contributed by atoms with Crippen LogP contribution in [0.4, 0.5) is 10.6 Å². The zero-order valence-electron chi connectivity index (χ0n) is 35.8. The highest BCUT2D eigenvalue weighted by atomic mass is 35.5. The third-order valence-electron chi connectivity index (χ3n) is 11.8. The largest absolute Gasteiger partial charge is 0.490 e. The molecule has 0 spiro atoms. The molecular formula is C43H60ClN7O9. The van der Waals surface area contributed by atoms with Gasteiger partial charge >= 0.3 is 12.1 Å². The molecule has 1 aromatic heterocycles. The van der Waals surface area contributed by atoms with Crippen molar-refractivity contribution < 1.29 is 42.9 Å². The van der Waals surface area contributed by atoms with Crippen LogP contribution in [0.15, 0.2) is 35.5 Å². The van der Waals surface area contributed by atoms with Crippen LogP contribution in [0.5, 0.6) is 11.5 Å². The number of halogens is 1. The van der Waals surface area contributed by atoms with Crippen LogP contribution in [0.1, 0.15) is 80.1 Å². The number of benzene rings is 1. The molecule has 17 heteroatoms. The predicted molar refractivity (Wildman–Crippen MR) is 227 cm³/mol. The van der Waals surface area contributed by atoms with Crippen molar-refractivity contribution in [1.82, 2.24) is 20.5 Å². The topological polar surface area (TPSA) is 205 Å². The molecule has 3 amide bonds. The Morgan fingerprint density at radius 3 is 2.43 bits per heavy atom. The smallest absolute Gasteiger partial charge is 0.408 e. The molecule has 7 unspecified atom stereocenters. The maximum atomic E-state index is 14.8. The van der Waals surface area contributed by atoms with Crippen LogP contribution in [0, 0.1) is 23.2 Å². The minimum atomic E-state index is -1.19. The number of carbonyl (C=O) groups is 4. The van der Waals surface area contributed by atoms with Gasteiger partial charge in [-0.25, -0.2) is 14.6 Å². The van der Waals surface area contributed by atoms with Gasteiger partial charge in [0.15, 0.2) is 0 Å². The van der Waals surface area contributed by atoms with Crippen molar-refractivity contribution in [3.8, 4) is 11.5 Å². The molecule has 328 valence electrons. The van der Waals surface area contributed by atoms with Crippen LogP contribution >= 0.6 is 11.6 Å². The number of nitrogens with two attached hydrogens (primary N) is 1. The molecule has 3 aliphatic carbocycles. The van der Waals surface area contributed by atoms with Gasteiger partial charge in [0.2, 0.25) is 11.8 Å². The summed E-state index contributed by atoms with van der Waals surface area (Å²) < 4.78 is 28.6. The first kappa shape index (κ1) is 44.7. The minimum Gasteiger partial charge on any atom is -0.490 e. The van der Waals surface area contributed by atoms with Crippen molar-refractivity contribution in [2.45, 2.75) is 116 Å². The number of pyridine rings is 1. The maximum Gasteiger partial charge on any atom is 0.408 e. The average Bonchev–Trinajstić information content (AvgIpc) is 4.00. The van der Waals surface area contributed by atoms with Crippen molar-refractivity contribution in [2.24, 2.45) is 33.9 Å². The molecular weight excluding hydrogens is 794 g/mol. The predicted octanol–water partition coefficient (Wildman–Crippen LogP) is 5.35. The lowest BCUT2D eigenvalue weighted by atomic mass is 9.85. The Hall–Kier alpha value is -4.83. The van der Waals surface area contributed by atoms with E-state index in [2.05, 4.69) is 20.9 Å². The van der Waals surface area contributed by atoms with Crippen LogP contribution in [0.25, 0.3) is 10.9 Å². The van der Waals surface area contributed by atoms with Crippen LogP contribution in [0.2, 0.25) is 5.02 Å². The monoisotopic (exact) mass is 853 g/mol. The van der Waals surface area contributed by atoms with E-state index in [-0.39, 0.29) is 42.7 Å². The second-order valence-corrected chi connectivity index (χ2v) is 18.1. The molecule has 5 N–H and O–H groups in total. The molecule has 1 aliphatic heterocycles. The molecule has 1 aromatic carbocycles. The second-order valence-electron chi connectivity index (χ2n) is 17.7. The van der Waals surface area contributed by atoms with E-state index in [0.717, 1.165) is 12.8 Å². The Kier molecular flexibility index (Phi) is 13.7. The lowest BCUT2D eigenvalue weighted by molar-refractivity contribution is -0.148. The number of likely N-dealkylation sites (tertiary alicyclic amines) is 1. The van der Waals surface area contributed by atoms with E-state index in [4.69, 9.17) is 46.0 Å². The number of methoxy groups -OCH3 is 2. The van der Waals surface area contributed by atoms with E-state index in [1.165, 1.54) is 18.4 Å². The third-order valence-corrected chi connectivity index (χ3v) is 12.1. The van der Waals surface area contributed by atoms with Crippen LogP contribution in [-0.2, 0) is 28.6 Å². The summed E-state index contributed by atoms with van der Waals surface area (Å²) in [6.45, 7) is 11.9. The van der Waals surface area contributed by atoms with E-state index in [0.29, 0.717) is 65.3 Å². The lowest BCUT2D eigenvalue weighted by Crippen LogP contribution is -2.59. The first-order valence-electron chi connectivity index (χ1n) is 20.8. The first-order chi connectivity index (χ1) is 28.5. The normalized spacial score (nSPS) is 26.4. The molecule has 0 bridgehead atoms. The van der Waals surface area contributed by atoms with Gasteiger partial charge in [0.25, 0.3) is 0 Å².